The first-order chi connectivity index (χ1) is 16.8. The second-order valence-electron chi connectivity index (χ2n) is 10.7. The summed E-state index contributed by atoms with van der Waals surface area (Å²) in [5, 5.41) is 0. The molecule has 0 aliphatic heterocycles. The zero-order chi connectivity index (χ0) is 23.8. The molecule has 1 heteroatoms. The van der Waals surface area contributed by atoms with E-state index in [9.17, 15) is 0 Å². The first-order valence-corrected chi connectivity index (χ1v) is 14.6. The molecule has 0 radical (unpaired) electrons. The van der Waals surface area contributed by atoms with Crippen molar-refractivity contribution in [2.45, 2.75) is 122 Å². The standard InChI is InChI=1S/C33H50O/c1-3-5-6-7-8-9-10-11-12-13-27-34-33-25-23-32(24-26-33)31-21-19-30(20-22-31)29-17-15-28(14-4-2)16-18-29/h19-26,28-29H,3-18,27H2,1-2H3. The molecule has 1 saturated carbocycles. The maximum absolute atomic E-state index is 5.99. The molecular formula is C33H50O. The van der Waals surface area contributed by atoms with Gasteiger partial charge in [-0.05, 0) is 72.8 Å². The number of rotatable bonds is 16. The van der Waals surface area contributed by atoms with Crippen LogP contribution < -0.4 is 4.74 Å². The van der Waals surface area contributed by atoms with E-state index in [0.29, 0.717) is 0 Å². The van der Waals surface area contributed by atoms with E-state index in [4.69, 9.17) is 4.74 Å². The summed E-state index contributed by atoms with van der Waals surface area (Å²) in [6.45, 7) is 5.45. The van der Waals surface area contributed by atoms with Crippen LogP contribution in [0.3, 0.4) is 0 Å². The highest BCUT2D eigenvalue weighted by Crippen LogP contribution is 2.38. The lowest BCUT2D eigenvalue weighted by Crippen LogP contribution is -2.13. The van der Waals surface area contributed by atoms with Gasteiger partial charge in [-0.15, -0.1) is 0 Å². The lowest BCUT2D eigenvalue weighted by atomic mass is 9.77. The highest BCUT2D eigenvalue weighted by Gasteiger charge is 2.21. The molecule has 0 N–H and O–H groups in total. The summed E-state index contributed by atoms with van der Waals surface area (Å²) in [5.74, 6) is 2.75. The fourth-order valence-electron chi connectivity index (χ4n) is 5.66. The van der Waals surface area contributed by atoms with Gasteiger partial charge in [0, 0.05) is 0 Å². The zero-order valence-electron chi connectivity index (χ0n) is 22.2. The summed E-state index contributed by atoms with van der Waals surface area (Å²) in [6, 6.07) is 18.0. The van der Waals surface area contributed by atoms with Crippen molar-refractivity contribution in [2.24, 2.45) is 5.92 Å². The van der Waals surface area contributed by atoms with E-state index in [-0.39, 0.29) is 0 Å². The van der Waals surface area contributed by atoms with Crippen LogP contribution in [0, 0.1) is 5.92 Å². The van der Waals surface area contributed by atoms with Gasteiger partial charge in [0.25, 0.3) is 0 Å². The van der Waals surface area contributed by atoms with Crippen molar-refractivity contribution in [3.05, 3.63) is 54.1 Å². The van der Waals surface area contributed by atoms with Crippen LogP contribution in [0.15, 0.2) is 48.5 Å². The molecule has 0 spiro atoms. The van der Waals surface area contributed by atoms with E-state index in [1.54, 1.807) is 0 Å². The third kappa shape index (κ3) is 9.47. The van der Waals surface area contributed by atoms with Crippen LogP contribution in [-0.4, -0.2) is 6.61 Å². The monoisotopic (exact) mass is 462 g/mol. The van der Waals surface area contributed by atoms with Gasteiger partial charge in [0.15, 0.2) is 0 Å². The van der Waals surface area contributed by atoms with Crippen molar-refractivity contribution in [2.75, 3.05) is 6.61 Å². The summed E-state index contributed by atoms with van der Waals surface area (Å²) in [5.41, 5.74) is 4.13. The minimum atomic E-state index is 0.767. The molecule has 3 rings (SSSR count). The topological polar surface area (TPSA) is 9.23 Å². The predicted octanol–water partition coefficient (Wildman–Crippen LogP) is 10.7. The first-order valence-electron chi connectivity index (χ1n) is 14.6. The third-order valence-electron chi connectivity index (χ3n) is 7.88. The van der Waals surface area contributed by atoms with Gasteiger partial charge in [0.2, 0.25) is 0 Å². The number of unbranched alkanes of at least 4 members (excludes halogenated alkanes) is 9. The number of hydrogen-bond donors (Lipinski definition) is 0. The summed E-state index contributed by atoms with van der Waals surface area (Å²) in [4.78, 5) is 0. The van der Waals surface area contributed by atoms with Crippen molar-refractivity contribution in [3.63, 3.8) is 0 Å². The molecule has 1 fully saturated rings. The van der Waals surface area contributed by atoms with Gasteiger partial charge in [-0.25, -0.2) is 0 Å². The van der Waals surface area contributed by atoms with Crippen molar-refractivity contribution >= 4 is 0 Å². The Balaban J connectivity index is 1.31. The van der Waals surface area contributed by atoms with Crippen LogP contribution in [-0.2, 0) is 0 Å². The minimum absolute atomic E-state index is 0.767. The Morgan fingerprint density at radius 3 is 1.68 bits per heavy atom. The molecule has 0 amide bonds. The molecule has 0 bridgehead atoms. The molecule has 1 aliphatic rings. The zero-order valence-corrected chi connectivity index (χ0v) is 22.2. The van der Waals surface area contributed by atoms with Crippen LogP contribution in [0.25, 0.3) is 11.1 Å². The average molecular weight is 463 g/mol. The molecule has 0 atom stereocenters. The molecule has 0 aromatic heterocycles. The van der Waals surface area contributed by atoms with Gasteiger partial charge in [0.1, 0.15) is 5.75 Å². The maximum Gasteiger partial charge on any atom is 0.119 e. The van der Waals surface area contributed by atoms with E-state index in [1.165, 1.54) is 119 Å². The molecule has 2 aromatic carbocycles. The average Bonchev–Trinajstić information content (AvgIpc) is 2.88. The number of ether oxygens (including phenoxy) is 1. The van der Waals surface area contributed by atoms with E-state index < -0.39 is 0 Å². The van der Waals surface area contributed by atoms with Crippen LogP contribution in [0.1, 0.15) is 128 Å². The maximum atomic E-state index is 5.99. The Hall–Kier alpha value is -1.76. The van der Waals surface area contributed by atoms with E-state index in [0.717, 1.165) is 24.2 Å². The highest BCUT2D eigenvalue weighted by atomic mass is 16.5. The van der Waals surface area contributed by atoms with Gasteiger partial charge >= 0.3 is 0 Å². The summed E-state index contributed by atoms with van der Waals surface area (Å²) in [6.07, 6.45) is 22.0. The lowest BCUT2D eigenvalue weighted by Gasteiger charge is -2.28. The van der Waals surface area contributed by atoms with Gasteiger partial charge in [-0.3, -0.25) is 0 Å². The second-order valence-corrected chi connectivity index (χ2v) is 10.7. The van der Waals surface area contributed by atoms with Crippen LogP contribution in [0.2, 0.25) is 0 Å². The largest absolute Gasteiger partial charge is 0.494 e. The second kappa shape index (κ2) is 16.0. The van der Waals surface area contributed by atoms with E-state index in [2.05, 4.69) is 62.4 Å². The van der Waals surface area contributed by atoms with E-state index in [1.807, 2.05) is 0 Å². The Morgan fingerprint density at radius 1 is 0.588 bits per heavy atom. The van der Waals surface area contributed by atoms with Gasteiger partial charge in [-0.1, -0.05) is 121 Å². The molecule has 0 unspecified atom stereocenters. The Bertz CT molecular complexity index is 752. The quantitative estimate of drug-likeness (QED) is 0.225. The van der Waals surface area contributed by atoms with Crippen LogP contribution in [0.5, 0.6) is 5.75 Å². The molecular weight excluding hydrogens is 412 g/mol. The number of hydrogen-bond acceptors (Lipinski definition) is 1. The fourth-order valence-corrected chi connectivity index (χ4v) is 5.66. The molecule has 1 nitrogen and oxygen atoms in total. The molecule has 0 heterocycles. The van der Waals surface area contributed by atoms with Crippen molar-refractivity contribution in [1.82, 2.24) is 0 Å². The molecule has 1 aliphatic carbocycles. The normalized spacial score (nSPS) is 18.2. The molecule has 2 aromatic rings. The van der Waals surface area contributed by atoms with Crippen molar-refractivity contribution in [1.29, 1.82) is 0 Å². The Kier molecular flexibility index (Phi) is 12.6. The van der Waals surface area contributed by atoms with Crippen LogP contribution in [0.4, 0.5) is 0 Å². The van der Waals surface area contributed by atoms with Gasteiger partial charge in [0.05, 0.1) is 6.61 Å². The molecule has 0 saturated heterocycles. The highest BCUT2D eigenvalue weighted by molar-refractivity contribution is 5.64. The minimum Gasteiger partial charge on any atom is -0.494 e. The fraction of sp³-hybridized carbons (Fsp3) is 0.636. The van der Waals surface area contributed by atoms with Crippen molar-refractivity contribution < 1.29 is 4.74 Å². The summed E-state index contributed by atoms with van der Waals surface area (Å²) >= 11 is 0. The lowest BCUT2D eigenvalue weighted by molar-refractivity contribution is 0.304. The van der Waals surface area contributed by atoms with Crippen LogP contribution >= 0.6 is 0 Å². The van der Waals surface area contributed by atoms with Crippen molar-refractivity contribution in [3.8, 4) is 16.9 Å². The molecule has 188 valence electrons. The molecule has 34 heavy (non-hydrogen) atoms. The summed E-state index contributed by atoms with van der Waals surface area (Å²) in [7, 11) is 0. The third-order valence-corrected chi connectivity index (χ3v) is 7.88. The first kappa shape index (κ1) is 26.8. The predicted molar refractivity (Wildman–Crippen MR) is 149 cm³/mol. The smallest absolute Gasteiger partial charge is 0.119 e. The Morgan fingerprint density at radius 2 is 1.12 bits per heavy atom. The van der Waals surface area contributed by atoms with Gasteiger partial charge in [-0.2, -0.15) is 0 Å². The van der Waals surface area contributed by atoms with Gasteiger partial charge < -0.3 is 4.74 Å². The summed E-state index contributed by atoms with van der Waals surface area (Å²) < 4.78 is 5.99. The SMILES string of the molecule is CCCCCCCCCCCCOc1ccc(-c2ccc(C3CCC(CCC)CC3)cc2)cc1. The number of benzene rings is 2. The Labute approximate surface area is 210 Å². The van der Waals surface area contributed by atoms with E-state index >= 15 is 0 Å².